The van der Waals surface area contributed by atoms with Crippen LogP contribution in [0.3, 0.4) is 0 Å². The maximum absolute atomic E-state index is 5.89. The van der Waals surface area contributed by atoms with E-state index in [1.54, 1.807) is 0 Å². The van der Waals surface area contributed by atoms with E-state index in [0.29, 0.717) is 6.54 Å². The van der Waals surface area contributed by atoms with Crippen LogP contribution in [0.25, 0.3) is 0 Å². The van der Waals surface area contributed by atoms with E-state index in [1.165, 1.54) is 9.13 Å². The second-order valence-electron chi connectivity index (χ2n) is 2.74. The zero-order chi connectivity index (χ0) is 8.97. The molecule has 1 aromatic rings. The normalized spacial score (nSPS) is 12.9. The highest BCUT2D eigenvalue weighted by Gasteiger charge is 2.03. The van der Waals surface area contributed by atoms with Crippen molar-refractivity contribution in [1.29, 1.82) is 0 Å². The summed E-state index contributed by atoms with van der Waals surface area (Å²) in [6, 6.07) is 8.31. The highest BCUT2D eigenvalue weighted by atomic mass is 127. The van der Waals surface area contributed by atoms with Gasteiger partial charge in [0.05, 0.1) is 0 Å². The molecule has 0 fully saturated rings. The Morgan fingerprint density at radius 1 is 1.42 bits per heavy atom. The number of benzene rings is 1. The van der Waals surface area contributed by atoms with Crippen LogP contribution in [-0.2, 0) is 0 Å². The van der Waals surface area contributed by atoms with Crippen LogP contribution in [0.4, 0.5) is 0 Å². The Labute approximate surface area is 86.5 Å². The molecule has 0 spiro atoms. The fourth-order valence-corrected chi connectivity index (χ4v) is 1.65. The van der Waals surface area contributed by atoms with Crippen molar-refractivity contribution in [3.05, 3.63) is 33.4 Å². The summed E-state index contributed by atoms with van der Waals surface area (Å²) in [4.78, 5) is 0. The SMILES string of the molecule is NCC[C@@H](N)c1cccc(I)c1. The molecule has 1 atom stereocenters. The largest absolute Gasteiger partial charge is 0.330 e. The van der Waals surface area contributed by atoms with Crippen molar-refractivity contribution in [1.82, 2.24) is 0 Å². The molecule has 3 heteroatoms. The Bertz CT molecular complexity index is 250. The Kier molecular flexibility index (Phi) is 3.97. The molecule has 0 aliphatic heterocycles. The maximum Gasteiger partial charge on any atom is 0.0307 e. The standard InChI is InChI=1S/C9H13IN2/c10-8-3-1-2-7(6-8)9(12)4-5-11/h1-3,6,9H,4-5,11-12H2/t9-/m1/s1. The van der Waals surface area contributed by atoms with Gasteiger partial charge in [0.2, 0.25) is 0 Å². The van der Waals surface area contributed by atoms with Crippen LogP contribution < -0.4 is 11.5 Å². The van der Waals surface area contributed by atoms with E-state index in [1.807, 2.05) is 12.1 Å². The lowest BCUT2D eigenvalue weighted by molar-refractivity contribution is 0.661. The van der Waals surface area contributed by atoms with Crippen molar-refractivity contribution >= 4 is 22.6 Å². The van der Waals surface area contributed by atoms with Crippen LogP contribution >= 0.6 is 22.6 Å². The summed E-state index contributed by atoms with van der Waals surface area (Å²) in [5.74, 6) is 0. The van der Waals surface area contributed by atoms with Gasteiger partial charge in [0, 0.05) is 9.61 Å². The van der Waals surface area contributed by atoms with Crippen molar-refractivity contribution in [2.45, 2.75) is 12.5 Å². The van der Waals surface area contributed by atoms with E-state index in [2.05, 4.69) is 34.7 Å². The highest BCUT2D eigenvalue weighted by molar-refractivity contribution is 14.1. The van der Waals surface area contributed by atoms with Crippen molar-refractivity contribution in [3.8, 4) is 0 Å². The Balaban J connectivity index is 2.73. The van der Waals surface area contributed by atoms with Gasteiger partial charge in [-0.1, -0.05) is 12.1 Å². The molecule has 66 valence electrons. The summed E-state index contributed by atoms with van der Waals surface area (Å²) in [6.07, 6.45) is 0.847. The van der Waals surface area contributed by atoms with E-state index < -0.39 is 0 Å². The predicted molar refractivity (Wildman–Crippen MR) is 59.8 cm³/mol. The van der Waals surface area contributed by atoms with Gasteiger partial charge in [-0.3, -0.25) is 0 Å². The maximum atomic E-state index is 5.89. The summed E-state index contributed by atoms with van der Waals surface area (Å²) < 4.78 is 1.22. The van der Waals surface area contributed by atoms with Gasteiger partial charge in [-0.05, 0) is 53.3 Å². The quantitative estimate of drug-likeness (QED) is 0.825. The lowest BCUT2D eigenvalue weighted by Crippen LogP contribution is -2.15. The molecule has 0 saturated carbocycles. The molecule has 1 aromatic carbocycles. The Morgan fingerprint density at radius 2 is 2.17 bits per heavy atom. The fourth-order valence-electron chi connectivity index (χ4n) is 1.08. The van der Waals surface area contributed by atoms with Crippen LogP contribution in [0.2, 0.25) is 0 Å². The van der Waals surface area contributed by atoms with Crippen LogP contribution in [0.1, 0.15) is 18.0 Å². The third-order valence-electron chi connectivity index (χ3n) is 1.75. The van der Waals surface area contributed by atoms with E-state index in [4.69, 9.17) is 11.5 Å². The molecular weight excluding hydrogens is 263 g/mol. The molecule has 0 aromatic heterocycles. The van der Waals surface area contributed by atoms with Crippen molar-refractivity contribution in [2.75, 3.05) is 6.54 Å². The monoisotopic (exact) mass is 276 g/mol. The van der Waals surface area contributed by atoms with Crippen molar-refractivity contribution < 1.29 is 0 Å². The zero-order valence-electron chi connectivity index (χ0n) is 6.83. The summed E-state index contributed by atoms with van der Waals surface area (Å²) in [7, 11) is 0. The first-order valence-corrected chi connectivity index (χ1v) is 5.03. The molecule has 0 bridgehead atoms. The van der Waals surface area contributed by atoms with Gasteiger partial charge in [-0.2, -0.15) is 0 Å². The van der Waals surface area contributed by atoms with Gasteiger partial charge in [0.15, 0.2) is 0 Å². The third-order valence-corrected chi connectivity index (χ3v) is 2.43. The van der Waals surface area contributed by atoms with Crippen LogP contribution in [0.15, 0.2) is 24.3 Å². The smallest absolute Gasteiger partial charge is 0.0307 e. The summed E-state index contributed by atoms with van der Waals surface area (Å²) >= 11 is 2.28. The first-order chi connectivity index (χ1) is 5.74. The molecule has 0 amide bonds. The van der Waals surface area contributed by atoms with Gasteiger partial charge in [-0.15, -0.1) is 0 Å². The van der Waals surface area contributed by atoms with E-state index in [0.717, 1.165) is 6.42 Å². The van der Waals surface area contributed by atoms with Gasteiger partial charge < -0.3 is 11.5 Å². The first kappa shape index (κ1) is 9.95. The van der Waals surface area contributed by atoms with Gasteiger partial charge >= 0.3 is 0 Å². The van der Waals surface area contributed by atoms with Crippen LogP contribution in [0, 0.1) is 3.57 Å². The number of nitrogens with two attached hydrogens (primary N) is 2. The zero-order valence-corrected chi connectivity index (χ0v) is 8.99. The van der Waals surface area contributed by atoms with E-state index >= 15 is 0 Å². The van der Waals surface area contributed by atoms with E-state index in [9.17, 15) is 0 Å². The lowest BCUT2D eigenvalue weighted by atomic mass is 10.1. The molecule has 0 heterocycles. The van der Waals surface area contributed by atoms with Crippen molar-refractivity contribution in [2.24, 2.45) is 11.5 Å². The van der Waals surface area contributed by atoms with Gasteiger partial charge in [-0.25, -0.2) is 0 Å². The minimum absolute atomic E-state index is 0.0877. The topological polar surface area (TPSA) is 52.0 Å². The van der Waals surface area contributed by atoms with Crippen LogP contribution in [0.5, 0.6) is 0 Å². The summed E-state index contributed by atoms with van der Waals surface area (Å²) in [5, 5.41) is 0. The first-order valence-electron chi connectivity index (χ1n) is 3.95. The summed E-state index contributed by atoms with van der Waals surface area (Å²) in [6.45, 7) is 0.645. The molecule has 0 aliphatic carbocycles. The molecule has 0 radical (unpaired) electrons. The molecule has 0 aliphatic rings. The van der Waals surface area contributed by atoms with E-state index in [-0.39, 0.29) is 6.04 Å². The Morgan fingerprint density at radius 3 is 2.75 bits per heavy atom. The second-order valence-corrected chi connectivity index (χ2v) is 3.98. The molecule has 2 nitrogen and oxygen atoms in total. The van der Waals surface area contributed by atoms with Gasteiger partial charge in [0.25, 0.3) is 0 Å². The third kappa shape index (κ3) is 2.73. The lowest BCUT2D eigenvalue weighted by Gasteiger charge is -2.10. The highest BCUT2D eigenvalue weighted by Crippen LogP contribution is 2.15. The second kappa shape index (κ2) is 4.79. The fraction of sp³-hybridized carbons (Fsp3) is 0.333. The van der Waals surface area contributed by atoms with Crippen LogP contribution in [-0.4, -0.2) is 6.54 Å². The van der Waals surface area contributed by atoms with Crippen molar-refractivity contribution in [3.63, 3.8) is 0 Å². The molecular formula is C9H13IN2. The number of hydrogen-bond donors (Lipinski definition) is 2. The Hall–Kier alpha value is -0.130. The average molecular weight is 276 g/mol. The summed E-state index contributed by atoms with van der Waals surface area (Å²) in [5.41, 5.74) is 12.5. The average Bonchev–Trinajstić information content (AvgIpc) is 2.05. The molecule has 1 rings (SSSR count). The molecule has 0 unspecified atom stereocenters. The predicted octanol–water partition coefficient (Wildman–Crippen LogP) is 1.64. The molecule has 0 saturated heterocycles. The number of rotatable bonds is 3. The minimum atomic E-state index is 0.0877. The van der Waals surface area contributed by atoms with Gasteiger partial charge in [0.1, 0.15) is 0 Å². The minimum Gasteiger partial charge on any atom is -0.330 e. The molecule has 4 N–H and O–H groups in total. The number of halogens is 1. The number of hydrogen-bond acceptors (Lipinski definition) is 2. The molecule has 12 heavy (non-hydrogen) atoms.